The molecule has 6 heteroatoms. The minimum absolute atomic E-state index is 0.386. The first-order valence-corrected chi connectivity index (χ1v) is 8.96. The number of nitrogens with zero attached hydrogens (tertiary/aromatic N) is 4. The van der Waals surface area contributed by atoms with E-state index in [4.69, 9.17) is 21.3 Å². The maximum atomic E-state index is 6.36. The summed E-state index contributed by atoms with van der Waals surface area (Å²) in [4.78, 5) is 6.88. The smallest absolute Gasteiger partial charge is 0.245 e. The molecule has 1 aliphatic heterocycles. The molecule has 0 bridgehead atoms. The Morgan fingerprint density at radius 1 is 1.12 bits per heavy atom. The molecular formula is C20H19ClN4O. The lowest BCUT2D eigenvalue weighted by molar-refractivity contribution is 0.415. The van der Waals surface area contributed by atoms with Gasteiger partial charge in [0.2, 0.25) is 5.95 Å². The molecule has 1 unspecified atom stereocenters. The van der Waals surface area contributed by atoms with Crippen molar-refractivity contribution in [2.45, 2.75) is 12.3 Å². The summed E-state index contributed by atoms with van der Waals surface area (Å²) in [5.41, 5.74) is 2.98. The van der Waals surface area contributed by atoms with E-state index in [-0.39, 0.29) is 0 Å². The van der Waals surface area contributed by atoms with E-state index in [1.54, 1.807) is 13.3 Å². The molecule has 3 aromatic rings. The van der Waals surface area contributed by atoms with Crippen LogP contribution in [-0.4, -0.2) is 35.4 Å². The Morgan fingerprint density at radius 2 is 1.92 bits per heavy atom. The standard InChI is InChI=1S/C20H19ClN4O/c1-26-16-8-6-14(7-9-16)19-12-22-24-20(23-19)25-11-10-15(13-25)17-4-2-3-5-18(17)21/h2-9,12,15H,10-11,13H2,1H3. The van der Waals surface area contributed by atoms with Crippen molar-refractivity contribution in [2.24, 2.45) is 0 Å². The number of benzene rings is 2. The third-order valence-electron chi connectivity index (χ3n) is 4.75. The summed E-state index contributed by atoms with van der Waals surface area (Å²) in [6.07, 6.45) is 2.72. The average molecular weight is 367 g/mol. The first-order valence-electron chi connectivity index (χ1n) is 8.58. The molecule has 0 N–H and O–H groups in total. The number of rotatable bonds is 4. The second kappa shape index (κ2) is 7.30. The zero-order chi connectivity index (χ0) is 17.9. The molecule has 1 saturated heterocycles. The second-order valence-corrected chi connectivity index (χ2v) is 6.73. The Labute approximate surface area is 157 Å². The van der Waals surface area contributed by atoms with Crippen LogP contribution in [0.5, 0.6) is 5.75 Å². The molecule has 1 fully saturated rings. The van der Waals surface area contributed by atoms with E-state index < -0.39 is 0 Å². The molecular weight excluding hydrogens is 348 g/mol. The minimum Gasteiger partial charge on any atom is -0.497 e. The average Bonchev–Trinajstić information content (AvgIpc) is 3.18. The van der Waals surface area contributed by atoms with Crippen LogP contribution in [0, 0.1) is 0 Å². The quantitative estimate of drug-likeness (QED) is 0.692. The molecule has 2 heterocycles. The van der Waals surface area contributed by atoms with Gasteiger partial charge in [-0.2, -0.15) is 5.10 Å². The Bertz CT molecular complexity index is 900. The molecule has 1 aliphatic rings. The number of methoxy groups -OCH3 is 1. The Hall–Kier alpha value is -2.66. The van der Waals surface area contributed by atoms with Crippen molar-refractivity contribution in [3.05, 3.63) is 65.3 Å². The van der Waals surface area contributed by atoms with E-state index in [2.05, 4.69) is 21.2 Å². The lowest BCUT2D eigenvalue weighted by Crippen LogP contribution is -2.22. The lowest BCUT2D eigenvalue weighted by Gasteiger charge is -2.17. The van der Waals surface area contributed by atoms with Gasteiger partial charge >= 0.3 is 0 Å². The molecule has 0 saturated carbocycles. The van der Waals surface area contributed by atoms with E-state index in [9.17, 15) is 0 Å². The van der Waals surface area contributed by atoms with Crippen molar-refractivity contribution in [1.82, 2.24) is 15.2 Å². The van der Waals surface area contributed by atoms with Crippen molar-refractivity contribution < 1.29 is 4.74 Å². The highest BCUT2D eigenvalue weighted by molar-refractivity contribution is 6.31. The van der Waals surface area contributed by atoms with Crippen LogP contribution in [0.15, 0.2) is 54.7 Å². The fraction of sp³-hybridized carbons (Fsp3) is 0.250. The predicted molar refractivity (Wildman–Crippen MR) is 103 cm³/mol. The number of hydrogen-bond acceptors (Lipinski definition) is 5. The van der Waals surface area contributed by atoms with Gasteiger partial charge in [-0.05, 0) is 42.3 Å². The van der Waals surface area contributed by atoms with Crippen LogP contribution < -0.4 is 9.64 Å². The van der Waals surface area contributed by atoms with Crippen molar-refractivity contribution in [2.75, 3.05) is 25.1 Å². The van der Waals surface area contributed by atoms with E-state index in [0.29, 0.717) is 11.9 Å². The van der Waals surface area contributed by atoms with Crippen molar-refractivity contribution in [3.8, 4) is 17.0 Å². The minimum atomic E-state index is 0.386. The summed E-state index contributed by atoms with van der Waals surface area (Å²) < 4.78 is 5.21. The first-order chi connectivity index (χ1) is 12.7. The third kappa shape index (κ3) is 3.35. The summed E-state index contributed by atoms with van der Waals surface area (Å²) in [5, 5.41) is 9.21. The predicted octanol–water partition coefficient (Wildman–Crippen LogP) is 4.19. The first kappa shape index (κ1) is 16.8. The Morgan fingerprint density at radius 3 is 2.69 bits per heavy atom. The number of ether oxygens (including phenoxy) is 1. The highest BCUT2D eigenvalue weighted by Crippen LogP contribution is 2.33. The fourth-order valence-electron chi connectivity index (χ4n) is 3.33. The Balaban J connectivity index is 1.54. The molecule has 132 valence electrons. The molecule has 1 aromatic heterocycles. The number of hydrogen-bond donors (Lipinski definition) is 0. The van der Waals surface area contributed by atoms with Crippen molar-refractivity contribution in [3.63, 3.8) is 0 Å². The maximum Gasteiger partial charge on any atom is 0.245 e. The lowest BCUT2D eigenvalue weighted by atomic mass is 9.98. The molecule has 0 amide bonds. The van der Waals surface area contributed by atoms with Gasteiger partial charge in [-0.25, -0.2) is 4.98 Å². The highest BCUT2D eigenvalue weighted by Gasteiger charge is 2.27. The van der Waals surface area contributed by atoms with E-state index in [1.165, 1.54) is 5.56 Å². The van der Waals surface area contributed by atoms with Crippen LogP contribution in [0.1, 0.15) is 17.9 Å². The fourth-order valence-corrected chi connectivity index (χ4v) is 3.62. The summed E-state index contributed by atoms with van der Waals surface area (Å²) >= 11 is 6.36. The summed E-state index contributed by atoms with van der Waals surface area (Å²) in [6, 6.07) is 15.8. The van der Waals surface area contributed by atoms with Crippen molar-refractivity contribution in [1.29, 1.82) is 0 Å². The van der Waals surface area contributed by atoms with Gasteiger partial charge in [-0.1, -0.05) is 29.8 Å². The summed E-state index contributed by atoms with van der Waals surface area (Å²) in [7, 11) is 1.65. The molecule has 0 aliphatic carbocycles. The van der Waals surface area contributed by atoms with E-state index in [1.807, 2.05) is 42.5 Å². The van der Waals surface area contributed by atoms with Crippen LogP contribution in [-0.2, 0) is 0 Å². The largest absolute Gasteiger partial charge is 0.497 e. The van der Waals surface area contributed by atoms with Gasteiger partial charge in [0.1, 0.15) is 5.75 Å². The zero-order valence-corrected chi connectivity index (χ0v) is 15.2. The topological polar surface area (TPSA) is 51.1 Å². The van der Waals surface area contributed by atoms with Gasteiger partial charge in [0.25, 0.3) is 0 Å². The van der Waals surface area contributed by atoms with Gasteiger partial charge in [-0.15, -0.1) is 5.10 Å². The maximum absolute atomic E-state index is 6.36. The Kier molecular flexibility index (Phi) is 4.71. The van der Waals surface area contributed by atoms with Gasteiger partial charge in [0.05, 0.1) is 19.0 Å². The number of halogens is 1. The molecule has 26 heavy (non-hydrogen) atoms. The van der Waals surface area contributed by atoms with Gasteiger partial charge < -0.3 is 9.64 Å². The van der Waals surface area contributed by atoms with Crippen LogP contribution in [0.25, 0.3) is 11.3 Å². The third-order valence-corrected chi connectivity index (χ3v) is 5.09. The van der Waals surface area contributed by atoms with Crippen LogP contribution >= 0.6 is 11.6 Å². The molecule has 0 spiro atoms. The second-order valence-electron chi connectivity index (χ2n) is 6.32. The van der Waals surface area contributed by atoms with Crippen molar-refractivity contribution >= 4 is 17.5 Å². The molecule has 0 radical (unpaired) electrons. The summed E-state index contributed by atoms with van der Waals surface area (Å²) in [5.74, 6) is 1.86. The zero-order valence-electron chi connectivity index (χ0n) is 14.5. The SMILES string of the molecule is COc1ccc(-c2cnnc(N3CCC(c4ccccc4Cl)C3)n2)cc1. The molecule has 1 atom stereocenters. The van der Waals surface area contributed by atoms with Gasteiger partial charge in [0, 0.05) is 29.6 Å². The van der Waals surface area contributed by atoms with Gasteiger partial charge in [0.15, 0.2) is 0 Å². The van der Waals surface area contributed by atoms with E-state index in [0.717, 1.165) is 41.5 Å². The highest BCUT2D eigenvalue weighted by atomic mass is 35.5. The monoisotopic (exact) mass is 366 g/mol. The van der Waals surface area contributed by atoms with E-state index >= 15 is 0 Å². The van der Waals surface area contributed by atoms with Crippen LogP contribution in [0.3, 0.4) is 0 Å². The van der Waals surface area contributed by atoms with Crippen LogP contribution in [0.4, 0.5) is 5.95 Å². The van der Waals surface area contributed by atoms with Crippen LogP contribution in [0.2, 0.25) is 5.02 Å². The summed E-state index contributed by atoms with van der Waals surface area (Å²) in [6.45, 7) is 1.74. The number of aromatic nitrogens is 3. The molecule has 5 nitrogen and oxygen atoms in total. The number of anilines is 1. The molecule has 2 aromatic carbocycles. The molecule has 4 rings (SSSR count). The normalized spacial score (nSPS) is 16.7. The van der Waals surface area contributed by atoms with Gasteiger partial charge in [-0.3, -0.25) is 0 Å².